The van der Waals surface area contributed by atoms with Gasteiger partial charge in [-0.05, 0) is 131 Å². The molecule has 6 nitrogen and oxygen atoms in total. The van der Waals surface area contributed by atoms with Crippen molar-refractivity contribution in [2.75, 3.05) is 13.1 Å². The van der Waals surface area contributed by atoms with Crippen molar-refractivity contribution in [2.24, 2.45) is 0 Å². The summed E-state index contributed by atoms with van der Waals surface area (Å²) in [7, 11) is 0. The Labute approximate surface area is 416 Å². The second-order valence-corrected chi connectivity index (χ2v) is 22.3. The summed E-state index contributed by atoms with van der Waals surface area (Å²) in [6.45, 7) is 17.9. The number of benzene rings is 7. The molecule has 1 spiro atoms. The molecular formula is C64H70N4O2+4. The van der Waals surface area contributed by atoms with E-state index >= 15 is 0 Å². The normalized spacial score (nSPS) is 19.2. The van der Waals surface area contributed by atoms with Gasteiger partial charge in [0, 0.05) is 31.2 Å². The summed E-state index contributed by atoms with van der Waals surface area (Å²) in [5.41, 5.74) is 16.2. The zero-order valence-electron chi connectivity index (χ0n) is 42.3. The van der Waals surface area contributed by atoms with Gasteiger partial charge in [-0.1, -0.05) is 148 Å². The van der Waals surface area contributed by atoms with Crippen molar-refractivity contribution in [3.05, 3.63) is 203 Å². The number of nitrogens with zero attached hydrogens (tertiary/aromatic N) is 2. The van der Waals surface area contributed by atoms with Gasteiger partial charge in [0.25, 0.3) is 0 Å². The Bertz CT molecular complexity index is 2910. The molecule has 2 fully saturated rings. The maximum Gasteiger partial charge on any atom is 0.704 e. The third-order valence-electron chi connectivity index (χ3n) is 15.5. The standard InChI is InChI=1S/C64H68N4O2/c1-45-39-48(40-49-43-67-57-33-20-21-34-58(57)68-44-50-41-51(62(2,3)4)42-56(63(5,6)7)61(50)70-64(67,68)69-60(45)49)59-46(35-37-65(52-25-12-8-13-26-52)53-27-14-9-15-28-53)23-22-24-47(59)36-38-66(54-29-16-10-17-30-54)55-31-18-11-19-32-55/h8-19,22-32,39-44,57-58H,20-21,33-38H2,1-7H3/q+2/p+2. The molecule has 0 radical (unpaired) electrons. The summed E-state index contributed by atoms with van der Waals surface area (Å²) >= 11 is 0. The number of hydrogen-bond donors (Lipinski definition) is 2. The molecule has 354 valence electrons. The Hall–Kier alpha value is -6.60. The van der Waals surface area contributed by atoms with Crippen LogP contribution in [0.2, 0.25) is 0 Å². The van der Waals surface area contributed by atoms with Crippen molar-refractivity contribution in [1.82, 2.24) is 0 Å². The average molecular weight is 927 g/mol. The first-order valence-corrected chi connectivity index (χ1v) is 25.9. The van der Waals surface area contributed by atoms with Crippen LogP contribution < -0.4 is 19.3 Å². The highest BCUT2D eigenvalue weighted by Crippen LogP contribution is 2.49. The molecule has 1 saturated carbocycles. The van der Waals surface area contributed by atoms with Crippen molar-refractivity contribution in [3.8, 4) is 22.6 Å². The van der Waals surface area contributed by atoms with Crippen LogP contribution in [0.3, 0.4) is 0 Å². The molecule has 4 aliphatic rings. The lowest BCUT2D eigenvalue weighted by atomic mass is 9.79. The van der Waals surface area contributed by atoms with Gasteiger partial charge in [-0.15, -0.1) is 0 Å². The summed E-state index contributed by atoms with van der Waals surface area (Å²) in [6.07, 6.45) is 11.2. The molecule has 11 rings (SSSR count). The summed E-state index contributed by atoms with van der Waals surface area (Å²) < 4.78 is 20.0. The van der Waals surface area contributed by atoms with Crippen LogP contribution in [0.1, 0.15) is 106 Å². The third-order valence-corrected chi connectivity index (χ3v) is 15.5. The minimum absolute atomic E-state index is 0.00154. The van der Waals surface area contributed by atoms with Gasteiger partial charge in [0.1, 0.15) is 22.7 Å². The van der Waals surface area contributed by atoms with Crippen molar-refractivity contribution in [2.45, 2.75) is 116 Å². The highest BCUT2D eigenvalue weighted by atomic mass is 16.7. The molecule has 3 aliphatic heterocycles. The molecule has 7 aromatic carbocycles. The molecule has 3 unspecified atom stereocenters. The predicted molar refractivity (Wildman–Crippen MR) is 285 cm³/mol. The Morgan fingerprint density at radius 2 is 0.957 bits per heavy atom. The number of fused-ring (bicyclic) bond motifs is 5. The van der Waals surface area contributed by atoms with E-state index in [1.807, 2.05) is 0 Å². The van der Waals surface area contributed by atoms with Gasteiger partial charge in [0.15, 0.2) is 23.9 Å². The summed E-state index contributed by atoms with van der Waals surface area (Å²) in [6, 6.07) is 59.8. The molecule has 0 aromatic heterocycles. The lowest BCUT2D eigenvalue weighted by molar-refractivity contribution is -0.866. The van der Waals surface area contributed by atoms with E-state index in [2.05, 4.69) is 234 Å². The van der Waals surface area contributed by atoms with E-state index in [-0.39, 0.29) is 22.9 Å². The third kappa shape index (κ3) is 8.49. The van der Waals surface area contributed by atoms with Crippen LogP contribution in [0, 0.1) is 6.92 Å². The van der Waals surface area contributed by atoms with Crippen molar-refractivity contribution < 1.29 is 28.4 Å². The smallest absolute Gasteiger partial charge is 0.340 e. The lowest BCUT2D eigenvalue weighted by Crippen LogP contribution is -3.02. The topological polar surface area (TPSA) is 33.4 Å². The van der Waals surface area contributed by atoms with Gasteiger partial charge in [0.05, 0.1) is 24.2 Å². The molecule has 0 bridgehead atoms. The number of quaternary nitrogens is 2. The van der Waals surface area contributed by atoms with E-state index in [4.69, 9.17) is 9.47 Å². The number of nitrogens with one attached hydrogen (secondary N) is 2. The Morgan fingerprint density at radius 3 is 1.40 bits per heavy atom. The van der Waals surface area contributed by atoms with Crippen molar-refractivity contribution in [1.29, 1.82) is 0 Å². The van der Waals surface area contributed by atoms with Gasteiger partial charge >= 0.3 is 6.03 Å². The van der Waals surface area contributed by atoms with Crippen LogP contribution in [0.5, 0.6) is 11.5 Å². The fourth-order valence-corrected chi connectivity index (χ4v) is 11.9. The van der Waals surface area contributed by atoms with E-state index < -0.39 is 6.03 Å². The minimum Gasteiger partial charge on any atom is -0.340 e. The van der Waals surface area contributed by atoms with E-state index in [0.717, 1.165) is 67.0 Å². The van der Waals surface area contributed by atoms with Gasteiger partial charge in [-0.2, -0.15) is 0 Å². The first-order valence-electron chi connectivity index (χ1n) is 25.9. The summed E-state index contributed by atoms with van der Waals surface area (Å²) in [5, 5.41) is 0. The van der Waals surface area contributed by atoms with Crippen LogP contribution in [0.15, 0.2) is 164 Å². The van der Waals surface area contributed by atoms with Crippen LogP contribution >= 0.6 is 0 Å². The molecule has 6 heteroatoms. The number of para-hydroxylation sites is 4. The first-order chi connectivity index (χ1) is 33.9. The average Bonchev–Trinajstić information content (AvgIpc) is 3.64. The maximum atomic E-state index is 7.56. The predicted octanol–water partition coefficient (Wildman–Crippen LogP) is 11.7. The highest BCUT2D eigenvalue weighted by Gasteiger charge is 2.76. The van der Waals surface area contributed by atoms with Gasteiger partial charge in [-0.3, -0.25) is 9.80 Å². The van der Waals surface area contributed by atoms with Gasteiger partial charge in [0.2, 0.25) is 12.1 Å². The largest absolute Gasteiger partial charge is 0.704 e. The van der Waals surface area contributed by atoms with Gasteiger partial charge in [-0.25, -0.2) is 0 Å². The molecule has 70 heavy (non-hydrogen) atoms. The van der Waals surface area contributed by atoms with Crippen LogP contribution in [0.4, 0.5) is 22.7 Å². The second-order valence-electron chi connectivity index (χ2n) is 22.3. The molecule has 7 aromatic rings. The minimum atomic E-state index is -1.11. The Balaban J connectivity index is 1.03. The SMILES string of the molecule is Cc1cc(-c2c(CC[NH+](c3ccccc3)c3ccccc3)cccc2CC[NH+](c2ccccc2)c2ccccc2)cc2c1OC13Oc4c(cc(C(C)(C)C)cc4C(C)(C)C)C=[N+]1C1CCCCC1[N+]3=C2. The number of rotatable bonds is 11. The molecule has 3 heterocycles. The van der Waals surface area contributed by atoms with Crippen LogP contribution in [-0.4, -0.2) is 52.8 Å². The maximum absolute atomic E-state index is 7.56. The van der Waals surface area contributed by atoms with Crippen molar-refractivity contribution in [3.63, 3.8) is 0 Å². The number of aryl methyl sites for hydroxylation is 1. The monoisotopic (exact) mass is 927 g/mol. The van der Waals surface area contributed by atoms with Crippen LogP contribution in [0.25, 0.3) is 11.1 Å². The van der Waals surface area contributed by atoms with E-state index in [9.17, 15) is 0 Å². The highest BCUT2D eigenvalue weighted by molar-refractivity contribution is 5.87. The summed E-state index contributed by atoms with van der Waals surface area (Å²) in [5.74, 6) is 1.84. The lowest BCUT2D eigenvalue weighted by Gasteiger charge is -2.33. The zero-order chi connectivity index (χ0) is 48.2. The number of ether oxygens (including phenoxy) is 2. The van der Waals surface area contributed by atoms with Gasteiger partial charge < -0.3 is 9.47 Å². The van der Waals surface area contributed by atoms with E-state index in [1.165, 1.54) is 78.8 Å². The second kappa shape index (κ2) is 18.3. The molecule has 3 atom stereocenters. The molecule has 1 aliphatic carbocycles. The Morgan fingerprint density at radius 1 is 0.514 bits per heavy atom. The fraction of sp³-hybridized carbons (Fsp3) is 0.312. The zero-order valence-corrected chi connectivity index (χ0v) is 42.3. The quantitative estimate of drug-likeness (QED) is 0.127. The molecule has 1 saturated heterocycles. The molecule has 2 N–H and O–H groups in total. The summed E-state index contributed by atoms with van der Waals surface area (Å²) in [4.78, 5) is 2.73. The first kappa shape index (κ1) is 45.8. The van der Waals surface area contributed by atoms with E-state index in [1.54, 1.807) is 0 Å². The fourth-order valence-electron chi connectivity index (χ4n) is 11.9. The molecular weight excluding hydrogens is 857 g/mol. The molecule has 0 amide bonds. The van der Waals surface area contributed by atoms with Crippen molar-refractivity contribution >= 4 is 35.2 Å². The Kier molecular flexibility index (Phi) is 12.0. The number of hydrogen-bond acceptors (Lipinski definition) is 2. The van der Waals surface area contributed by atoms with Crippen LogP contribution in [-0.2, 0) is 23.7 Å². The van der Waals surface area contributed by atoms with E-state index in [0.29, 0.717) is 0 Å².